The van der Waals surface area contributed by atoms with Gasteiger partial charge in [0.2, 0.25) is 0 Å². The molecule has 0 unspecified atom stereocenters. The second-order valence-corrected chi connectivity index (χ2v) is 11.5. The largest absolute Gasteiger partial charge is 0.465 e. The zero-order chi connectivity index (χ0) is 32.5. The quantitative estimate of drug-likeness (QED) is 0.126. The molecule has 6 aromatic rings. The lowest BCUT2D eigenvalue weighted by Gasteiger charge is -2.15. The van der Waals surface area contributed by atoms with E-state index in [0.717, 1.165) is 13.2 Å². The van der Waals surface area contributed by atoms with Crippen LogP contribution in [0, 0.1) is 23.0 Å². The Kier molecular flexibility index (Phi) is 8.54. The molecule has 0 aliphatic heterocycles. The fraction of sp³-hybridized carbons (Fsp3) is 0.0571. The topological polar surface area (TPSA) is 67.9 Å². The second kappa shape index (κ2) is 12.7. The molecule has 0 spiro atoms. The van der Waals surface area contributed by atoms with Crippen LogP contribution in [0.25, 0.3) is 44.4 Å². The zero-order valence-corrected chi connectivity index (χ0v) is 25.3. The molecule has 0 amide bonds. The number of ether oxygens (including phenoxy) is 1. The molecule has 11 heteroatoms. The van der Waals surface area contributed by atoms with E-state index in [0.29, 0.717) is 54.9 Å². The van der Waals surface area contributed by atoms with Crippen LogP contribution in [0.3, 0.4) is 0 Å². The number of halogens is 5. The molecule has 0 atom stereocenters. The fourth-order valence-corrected chi connectivity index (χ4v) is 6.49. The number of carbonyl (C=O) groups is 1. The van der Waals surface area contributed by atoms with E-state index in [1.165, 1.54) is 54.7 Å². The van der Waals surface area contributed by atoms with Crippen molar-refractivity contribution in [1.29, 1.82) is 5.26 Å². The molecule has 4 aromatic carbocycles. The lowest BCUT2D eigenvalue weighted by atomic mass is 9.94. The van der Waals surface area contributed by atoms with Crippen molar-refractivity contribution in [2.24, 2.45) is 0 Å². The van der Waals surface area contributed by atoms with Gasteiger partial charge in [-0.05, 0) is 72.1 Å². The predicted octanol–water partition coefficient (Wildman–Crippen LogP) is 10.1. The first-order chi connectivity index (χ1) is 22.2. The van der Waals surface area contributed by atoms with Crippen molar-refractivity contribution in [3.8, 4) is 39.6 Å². The number of hydrogen-bond acceptors (Lipinski definition) is 5. The third kappa shape index (κ3) is 5.71. The lowest BCUT2D eigenvalue weighted by molar-refractivity contribution is 0.0595. The van der Waals surface area contributed by atoms with E-state index in [1.54, 1.807) is 48.5 Å². The smallest absolute Gasteiger partial charge is 0.340 e. The molecule has 228 valence electrons. The molecule has 2 heterocycles. The van der Waals surface area contributed by atoms with Crippen LogP contribution >= 0.6 is 23.5 Å². The average Bonchev–Trinajstić information content (AvgIpc) is 3.37. The molecule has 0 saturated heterocycles. The summed E-state index contributed by atoms with van der Waals surface area (Å²) in [5.74, 6) is -2.20. The first-order valence-electron chi connectivity index (χ1n) is 13.6. The van der Waals surface area contributed by atoms with Crippen LogP contribution in [0.5, 0.6) is 0 Å². The number of hydrogen-bond donors (Lipinski definition) is 0. The Morgan fingerprint density at radius 3 is 2.46 bits per heavy atom. The summed E-state index contributed by atoms with van der Waals surface area (Å²) < 4.78 is 62.9. The number of nitrogens with zero attached hydrogens (tertiary/aromatic N) is 3. The van der Waals surface area contributed by atoms with Gasteiger partial charge < -0.3 is 4.74 Å². The highest BCUT2D eigenvalue weighted by Crippen LogP contribution is 2.46. The first kappa shape index (κ1) is 30.9. The Labute approximate surface area is 269 Å². The van der Waals surface area contributed by atoms with E-state index in [4.69, 9.17) is 11.6 Å². The van der Waals surface area contributed by atoms with E-state index < -0.39 is 24.0 Å². The van der Waals surface area contributed by atoms with Crippen LogP contribution in [-0.2, 0) is 4.74 Å². The summed E-state index contributed by atoms with van der Waals surface area (Å²) in [6.07, 6.45) is 0.374. The van der Waals surface area contributed by atoms with Crippen LogP contribution in [-0.4, -0.2) is 22.0 Å². The number of benzene rings is 4. The summed E-state index contributed by atoms with van der Waals surface area (Å²) in [4.78, 5) is 16.9. The van der Waals surface area contributed by atoms with Crippen molar-refractivity contribution in [2.75, 3.05) is 7.11 Å². The number of aromatic nitrogens is 2. The fourth-order valence-electron chi connectivity index (χ4n) is 5.20. The van der Waals surface area contributed by atoms with Gasteiger partial charge in [0.25, 0.3) is 6.43 Å². The molecule has 0 fully saturated rings. The SMILES string of the molecule is COC(=O)c1cc(Cl)c(-c2cccc(-c3c(-c4cnccc4C#N)c4cc(F)ccc4n3Sc3ccc(C(F)F)cc3)c2)cc1F. The third-order valence-corrected chi connectivity index (χ3v) is 8.69. The van der Waals surface area contributed by atoms with E-state index in [2.05, 4.69) is 15.8 Å². The molecular formula is C35H20ClF4N3O2S. The second-order valence-electron chi connectivity index (χ2n) is 10.1. The maximum absolute atomic E-state index is 15.0. The minimum absolute atomic E-state index is 0.106. The molecule has 0 aliphatic rings. The molecule has 0 radical (unpaired) electrons. The Bertz CT molecular complexity index is 2180. The van der Waals surface area contributed by atoms with Gasteiger partial charge in [-0.25, -0.2) is 22.4 Å². The van der Waals surface area contributed by atoms with E-state index in [-0.39, 0.29) is 16.1 Å². The monoisotopic (exact) mass is 657 g/mol. The van der Waals surface area contributed by atoms with Crippen molar-refractivity contribution < 1.29 is 27.1 Å². The summed E-state index contributed by atoms with van der Waals surface area (Å²) in [6, 6.07) is 23.2. The number of alkyl halides is 2. The predicted molar refractivity (Wildman–Crippen MR) is 170 cm³/mol. The van der Waals surface area contributed by atoms with Gasteiger partial charge in [-0.2, -0.15) is 5.26 Å². The van der Waals surface area contributed by atoms with Crippen molar-refractivity contribution in [3.05, 3.63) is 131 Å². The molecule has 46 heavy (non-hydrogen) atoms. The molecule has 0 bridgehead atoms. The van der Waals surface area contributed by atoms with Crippen LogP contribution in [0.15, 0.2) is 102 Å². The Hall–Kier alpha value is -5.11. The normalized spacial score (nSPS) is 11.2. The van der Waals surface area contributed by atoms with Gasteiger partial charge in [0.05, 0.1) is 35.5 Å². The van der Waals surface area contributed by atoms with Gasteiger partial charge in [-0.3, -0.25) is 8.96 Å². The lowest BCUT2D eigenvalue weighted by Crippen LogP contribution is -2.04. The third-order valence-electron chi connectivity index (χ3n) is 7.34. The molecule has 0 N–H and O–H groups in total. The number of rotatable bonds is 7. The van der Waals surface area contributed by atoms with Crippen molar-refractivity contribution in [2.45, 2.75) is 11.3 Å². The maximum atomic E-state index is 15.0. The highest BCUT2D eigenvalue weighted by Gasteiger charge is 2.25. The summed E-state index contributed by atoms with van der Waals surface area (Å²) in [5.41, 5.74) is 3.32. The van der Waals surface area contributed by atoms with Gasteiger partial charge in [0.1, 0.15) is 11.6 Å². The molecular weight excluding hydrogens is 638 g/mol. The Morgan fingerprint density at radius 1 is 0.978 bits per heavy atom. The molecule has 2 aromatic heterocycles. The van der Waals surface area contributed by atoms with Gasteiger partial charge in [-0.1, -0.05) is 41.9 Å². The number of pyridine rings is 1. The average molecular weight is 658 g/mol. The van der Waals surface area contributed by atoms with Crippen LogP contribution in [0.4, 0.5) is 17.6 Å². The minimum Gasteiger partial charge on any atom is -0.465 e. The van der Waals surface area contributed by atoms with Crippen LogP contribution < -0.4 is 0 Å². The summed E-state index contributed by atoms with van der Waals surface area (Å²) in [6.45, 7) is 0. The zero-order valence-electron chi connectivity index (χ0n) is 23.8. The number of methoxy groups -OCH3 is 1. The van der Waals surface area contributed by atoms with E-state index in [1.807, 2.05) is 3.97 Å². The van der Waals surface area contributed by atoms with Crippen molar-refractivity contribution >= 4 is 40.4 Å². The highest BCUT2D eigenvalue weighted by atomic mass is 35.5. The number of fused-ring (bicyclic) bond motifs is 1. The van der Waals surface area contributed by atoms with Crippen LogP contribution in [0.2, 0.25) is 5.02 Å². The summed E-state index contributed by atoms with van der Waals surface area (Å²) in [7, 11) is 1.14. The number of nitriles is 1. The van der Waals surface area contributed by atoms with Gasteiger partial charge in [0.15, 0.2) is 0 Å². The number of esters is 1. The standard InChI is InChI=1S/C35H20ClF4N3O2S/c1-45-35(44)26-15-29(36)25(16-30(26)38)20-3-2-4-21(13-20)33-32(28-18-42-12-11-22(28)17-41)27-14-23(37)7-10-31(27)43(33)46-24-8-5-19(6-9-24)34(39)40/h2-16,18,34H,1H3. The first-order valence-corrected chi connectivity index (χ1v) is 14.8. The molecule has 5 nitrogen and oxygen atoms in total. The molecule has 0 saturated carbocycles. The van der Waals surface area contributed by atoms with Gasteiger partial charge >= 0.3 is 5.97 Å². The Morgan fingerprint density at radius 2 is 1.74 bits per heavy atom. The minimum atomic E-state index is -2.63. The summed E-state index contributed by atoms with van der Waals surface area (Å²) >= 11 is 7.75. The van der Waals surface area contributed by atoms with Crippen molar-refractivity contribution in [1.82, 2.24) is 8.96 Å². The number of carbonyl (C=O) groups excluding carboxylic acids is 1. The maximum Gasteiger partial charge on any atom is 0.340 e. The van der Waals surface area contributed by atoms with Crippen LogP contribution in [0.1, 0.15) is 27.9 Å². The summed E-state index contributed by atoms with van der Waals surface area (Å²) in [5, 5.41) is 10.6. The molecule has 6 rings (SSSR count). The van der Waals surface area contributed by atoms with Gasteiger partial charge in [0, 0.05) is 55.5 Å². The molecule has 0 aliphatic carbocycles. The highest BCUT2D eigenvalue weighted by molar-refractivity contribution is 7.98. The van der Waals surface area contributed by atoms with Crippen molar-refractivity contribution in [3.63, 3.8) is 0 Å². The van der Waals surface area contributed by atoms with E-state index in [9.17, 15) is 23.2 Å². The Balaban J connectivity index is 1.63. The van der Waals surface area contributed by atoms with Gasteiger partial charge in [-0.15, -0.1) is 0 Å². The van der Waals surface area contributed by atoms with E-state index >= 15 is 4.39 Å².